The highest BCUT2D eigenvalue weighted by atomic mass is 32.3. The maximum atomic E-state index is 12.8. The summed E-state index contributed by atoms with van der Waals surface area (Å²) >= 11 is 0.0256. The van der Waals surface area contributed by atoms with Gasteiger partial charge in [0.15, 0.2) is 66.3 Å². The van der Waals surface area contributed by atoms with E-state index >= 15 is 0 Å². The first-order chi connectivity index (χ1) is 30.4. The molecule has 0 amide bonds. The van der Waals surface area contributed by atoms with Crippen LogP contribution >= 0.6 is 12.3 Å². The zero-order chi connectivity index (χ0) is 49.6. The largest absolute Gasteiger partial charge is 0.504 e. The molecule has 0 unspecified atom stereocenters. The summed E-state index contributed by atoms with van der Waals surface area (Å²) in [5, 5.41) is 66.1. The molecule has 8 N–H and O–H groups in total. The van der Waals surface area contributed by atoms with Crippen LogP contribution in [0.25, 0.3) is 0 Å². The Morgan fingerprint density at radius 1 is 0.515 bits per heavy atom. The topological polar surface area (TPSA) is 478 Å². The van der Waals surface area contributed by atoms with Crippen molar-refractivity contribution in [2.75, 3.05) is 24.7 Å². The van der Waals surface area contributed by atoms with Gasteiger partial charge in [0.2, 0.25) is 0 Å². The van der Waals surface area contributed by atoms with Gasteiger partial charge in [0.05, 0.1) is 34.5 Å². The number of sulfone groups is 2. The summed E-state index contributed by atoms with van der Waals surface area (Å²) in [6, 6.07) is 6.66. The van der Waals surface area contributed by atoms with Gasteiger partial charge in [-0.2, -0.15) is 33.7 Å². The van der Waals surface area contributed by atoms with Gasteiger partial charge in [0.25, 0.3) is 30.4 Å². The van der Waals surface area contributed by atoms with Crippen LogP contribution in [0.3, 0.4) is 0 Å². The Hall–Kier alpha value is -5.23. The maximum Gasteiger partial charge on any atom is 0.397 e. The van der Waals surface area contributed by atoms with Crippen LogP contribution in [0.1, 0.15) is 5.56 Å². The molecule has 0 radical (unpaired) electrons. The van der Waals surface area contributed by atoms with Crippen LogP contribution in [-0.4, -0.2) is 114 Å². The van der Waals surface area contributed by atoms with Crippen LogP contribution in [0.2, 0.25) is 0 Å². The Labute approximate surface area is 376 Å². The smallest absolute Gasteiger partial charge is 0.397 e. The van der Waals surface area contributed by atoms with E-state index in [1.807, 2.05) is 0 Å². The fourth-order valence-electron chi connectivity index (χ4n) is 4.83. The lowest BCUT2D eigenvalue weighted by Gasteiger charge is -2.11. The third kappa shape index (κ3) is 13.9. The molecule has 4 aromatic rings. The summed E-state index contributed by atoms with van der Waals surface area (Å²) in [4.78, 5) is -5.06. The summed E-state index contributed by atoms with van der Waals surface area (Å²) in [6.07, 6.45) is 0. The Morgan fingerprint density at radius 2 is 0.879 bits per heavy atom. The van der Waals surface area contributed by atoms with Crippen molar-refractivity contribution in [2.45, 2.75) is 31.4 Å². The molecule has 0 saturated heterocycles. The van der Waals surface area contributed by atoms with Gasteiger partial charge in [-0.25, -0.2) is 26.3 Å². The Bertz CT molecular complexity index is 3330. The van der Waals surface area contributed by atoms with Crippen molar-refractivity contribution >= 4 is 107 Å². The molecule has 0 atom stereocenters. The van der Waals surface area contributed by atoms with E-state index in [0.29, 0.717) is 30.3 Å². The van der Waals surface area contributed by atoms with Crippen molar-refractivity contribution < 1.29 is 107 Å². The van der Waals surface area contributed by atoms with Gasteiger partial charge < -0.3 is 15.3 Å². The molecular weight excluding hydrogens is 1040 g/mol. The van der Waals surface area contributed by atoms with Crippen LogP contribution in [0, 0.1) is 6.92 Å². The fourth-order valence-corrected chi connectivity index (χ4v) is 9.93. The minimum absolute atomic E-state index is 0.0256. The molecule has 0 aliphatic rings. The van der Waals surface area contributed by atoms with Gasteiger partial charge in [-0.05, 0) is 61.0 Å². The van der Waals surface area contributed by atoms with Gasteiger partial charge >= 0.3 is 10.4 Å². The highest BCUT2D eigenvalue weighted by molar-refractivity contribution is 7.92. The Balaban J connectivity index is 1.94. The van der Waals surface area contributed by atoms with Crippen LogP contribution < -0.4 is 0 Å². The molecule has 0 aliphatic heterocycles. The SMILES string of the molecule is Cc1ccc(/N=N/c2c(O)c(/N=N/c3ccc(S(=O)(=O)CCOSOOO)cc3S(=O)(=O)O)c(O)c(/N=N/c3ccc(S(=O)(=O)CCOS(=O)(=O)O)cc3S(=O)(=O)O)c2O)c(S(=O)(=O)O)c1. The van der Waals surface area contributed by atoms with Crippen molar-refractivity contribution in [3.05, 3.63) is 60.2 Å². The molecule has 4 rings (SSSR count). The van der Waals surface area contributed by atoms with Crippen molar-refractivity contribution in [1.29, 1.82) is 0 Å². The minimum atomic E-state index is -5.46. The Morgan fingerprint density at radius 3 is 1.24 bits per heavy atom. The third-order valence-electron chi connectivity index (χ3n) is 7.77. The molecular formula is C29H28N6O24S7. The molecule has 4 aromatic carbocycles. The number of aryl methyl sites for hydroxylation is 1. The predicted octanol–water partition coefficient (Wildman–Crippen LogP) is 4.47. The van der Waals surface area contributed by atoms with E-state index in [0.717, 1.165) is 18.2 Å². The molecule has 0 aromatic heterocycles. The molecule has 37 heteroatoms. The van der Waals surface area contributed by atoms with Crippen molar-refractivity contribution in [2.24, 2.45) is 30.7 Å². The number of hydrogen-bond acceptors (Lipinski definition) is 27. The van der Waals surface area contributed by atoms with Gasteiger partial charge in [0.1, 0.15) is 31.7 Å². The number of phenols is 3. The molecule has 0 spiro atoms. The highest BCUT2D eigenvalue weighted by Gasteiger charge is 2.28. The quantitative estimate of drug-likeness (QED) is 0.0142. The molecule has 360 valence electrons. The lowest BCUT2D eigenvalue weighted by molar-refractivity contribution is -0.434. The lowest BCUT2D eigenvalue weighted by atomic mass is 10.2. The molecule has 0 saturated carbocycles. The van der Waals surface area contributed by atoms with Crippen LogP contribution in [-0.2, 0) is 78.2 Å². The van der Waals surface area contributed by atoms with E-state index in [-0.39, 0.29) is 17.9 Å². The average molecular weight is 1070 g/mol. The second-order valence-electron chi connectivity index (χ2n) is 12.3. The number of nitrogens with zero attached hydrogens (tertiary/aromatic N) is 6. The third-order valence-corrected chi connectivity index (χ3v) is 14.6. The van der Waals surface area contributed by atoms with E-state index in [2.05, 4.69) is 48.4 Å². The zero-order valence-electron chi connectivity index (χ0n) is 32.2. The van der Waals surface area contributed by atoms with E-state index in [4.69, 9.17) is 9.81 Å². The summed E-state index contributed by atoms with van der Waals surface area (Å²) in [5.74, 6) is -6.35. The standard InChI is InChI=1S/C29H28N6O24S7/c1-15-2-5-18(21(12-15)63(44,45)46)30-33-24-27(36)25(34-31-19-6-3-16(13-22(19)64(47,48)49)61(40,41)10-8-56-60-59-58-39)29(38)26(28(24)37)35-32-20-7-4-17(14-23(20)65(50,51)52)62(42,43)11-9-57-66(53,54)55/h2-7,12-14,36-39H,8-11H2,1H3,(H,44,45,46)(H,47,48,49)(H,50,51,52)(H,53,54,55)/b33-30+,34-31+,35-32+. The van der Waals surface area contributed by atoms with Gasteiger partial charge in [-0.15, -0.1) is 35.0 Å². The van der Waals surface area contributed by atoms with Crippen molar-refractivity contribution in [3.8, 4) is 17.2 Å². The molecule has 66 heavy (non-hydrogen) atoms. The van der Waals surface area contributed by atoms with Crippen molar-refractivity contribution in [1.82, 2.24) is 0 Å². The van der Waals surface area contributed by atoms with E-state index < -0.39 is 161 Å². The normalized spacial score (nSPS) is 13.4. The van der Waals surface area contributed by atoms with Crippen LogP contribution in [0.5, 0.6) is 17.2 Å². The first-order valence-corrected chi connectivity index (χ1v) is 26.2. The second kappa shape index (κ2) is 20.7. The van der Waals surface area contributed by atoms with Gasteiger partial charge in [0, 0.05) is 0 Å². The van der Waals surface area contributed by atoms with Gasteiger partial charge in [-0.1, -0.05) is 11.1 Å². The zero-order valence-corrected chi connectivity index (χ0v) is 37.9. The number of aromatic hydroxyl groups is 3. The molecule has 0 bridgehead atoms. The second-order valence-corrected chi connectivity index (χ2v) is 22.3. The first-order valence-electron chi connectivity index (χ1n) is 16.6. The minimum Gasteiger partial charge on any atom is -0.504 e. The number of rotatable bonds is 21. The number of hydrogen-bond donors (Lipinski definition) is 8. The Kier molecular flexibility index (Phi) is 16.8. The van der Waals surface area contributed by atoms with Crippen molar-refractivity contribution in [3.63, 3.8) is 0 Å². The molecule has 0 heterocycles. The predicted molar refractivity (Wildman–Crippen MR) is 217 cm³/mol. The molecule has 0 fully saturated rings. The van der Waals surface area contributed by atoms with E-state index in [9.17, 15) is 79.5 Å². The summed E-state index contributed by atoms with van der Waals surface area (Å²) < 4.78 is 197. The monoisotopic (exact) mass is 1070 g/mol. The lowest BCUT2D eigenvalue weighted by Crippen LogP contribution is -2.16. The number of azo groups is 3. The van der Waals surface area contributed by atoms with Crippen LogP contribution in [0.15, 0.2) is 110 Å². The number of benzene rings is 4. The van der Waals surface area contributed by atoms with E-state index in [1.54, 1.807) is 0 Å². The maximum absolute atomic E-state index is 12.8. The summed E-state index contributed by atoms with van der Waals surface area (Å²) in [5.41, 5.74) is -5.91. The van der Waals surface area contributed by atoms with Gasteiger partial charge in [-0.3, -0.25) is 22.4 Å². The summed E-state index contributed by atoms with van der Waals surface area (Å²) in [6.45, 7) is -0.349. The first kappa shape index (κ1) is 53.4. The molecule has 0 aliphatic carbocycles. The highest BCUT2D eigenvalue weighted by Crippen LogP contribution is 2.57. The summed E-state index contributed by atoms with van der Waals surface area (Å²) in [7, 11) is -30.0. The average Bonchev–Trinajstić information content (AvgIpc) is 3.19. The number of phenolic OH excluding ortho intramolecular Hbond substituents is 3. The van der Waals surface area contributed by atoms with Crippen LogP contribution in [0.4, 0.5) is 34.1 Å². The van der Waals surface area contributed by atoms with E-state index in [1.165, 1.54) is 13.0 Å². The fraction of sp³-hybridized carbons (Fsp3) is 0.172. The molecule has 30 nitrogen and oxygen atoms in total.